The zero-order valence-corrected chi connectivity index (χ0v) is 15.8. The maximum Gasteiger partial charge on any atom is 0.273 e. The standard InChI is InChI=1S/C17H20BrClN4O/c1-11-15(18)16(22-21-11)17(24)20-10-14(23-7-2-3-8-23)12-5-4-6-13(19)9-12/h4-6,9,14H,2-3,7-8,10H2,1H3,(H,20,24)(H,21,22). The fourth-order valence-electron chi connectivity index (χ4n) is 3.06. The van der Waals surface area contributed by atoms with Crippen LogP contribution in [0.2, 0.25) is 5.02 Å². The largest absolute Gasteiger partial charge is 0.349 e. The lowest BCUT2D eigenvalue weighted by Crippen LogP contribution is -2.37. The number of halogens is 2. The number of H-pyrrole nitrogens is 1. The van der Waals surface area contributed by atoms with Crippen LogP contribution in [0.3, 0.4) is 0 Å². The molecular weight excluding hydrogens is 392 g/mol. The lowest BCUT2D eigenvalue weighted by molar-refractivity contribution is 0.0932. The van der Waals surface area contributed by atoms with E-state index in [1.807, 2.05) is 25.1 Å². The molecule has 5 nitrogen and oxygen atoms in total. The number of carbonyl (C=O) groups excluding carboxylic acids is 1. The van der Waals surface area contributed by atoms with Gasteiger partial charge in [-0.3, -0.25) is 14.8 Å². The van der Waals surface area contributed by atoms with Gasteiger partial charge in [0, 0.05) is 17.3 Å². The van der Waals surface area contributed by atoms with Crippen molar-refractivity contribution < 1.29 is 4.79 Å². The van der Waals surface area contributed by atoms with E-state index in [1.54, 1.807) is 0 Å². The first-order valence-corrected chi connectivity index (χ1v) is 9.21. The van der Waals surface area contributed by atoms with Gasteiger partial charge in [-0.25, -0.2) is 0 Å². The van der Waals surface area contributed by atoms with Crippen LogP contribution in [0, 0.1) is 6.92 Å². The Balaban J connectivity index is 1.74. The summed E-state index contributed by atoms with van der Waals surface area (Å²) in [5.41, 5.74) is 2.35. The van der Waals surface area contributed by atoms with Crippen molar-refractivity contribution in [3.63, 3.8) is 0 Å². The predicted octanol–water partition coefficient (Wildman–Crippen LogP) is 3.70. The molecule has 0 radical (unpaired) electrons. The van der Waals surface area contributed by atoms with E-state index in [1.165, 1.54) is 12.8 Å². The summed E-state index contributed by atoms with van der Waals surface area (Å²) in [6, 6.07) is 7.99. The fraction of sp³-hybridized carbons (Fsp3) is 0.412. The number of aromatic nitrogens is 2. The molecule has 0 bridgehead atoms. The molecule has 1 amide bonds. The average Bonchev–Trinajstić information content (AvgIpc) is 3.19. The quantitative estimate of drug-likeness (QED) is 0.788. The third-order valence-corrected chi connectivity index (χ3v) is 5.56. The monoisotopic (exact) mass is 410 g/mol. The van der Waals surface area contributed by atoms with Crippen LogP contribution in [0.5, 0.6) is 0 Å². The van der Waals surface area contributed by atoms with Gasteiger partial charge in [-0.05, 0) is 66.5 Å². The lowest BCUT2D eigenvalue weighted by atomic mass is 10.1. The minimum Gasteiger partial charge on any atom is -0.349 e. The molecule has 2 aromatic rings. The third-order valence-electron chi connectivity index (χ3n) is 4.36. The Morgan fingerprint density at radius 1 is 1.46 bits per heavy atom. The third kappa shape index (κ3) is 3.82. The highest BCUT2D eigenvalue weighted by atomic mass is 79.9. The molecular formula is C17H20BrClN4O. The van der Waals surface area contributed by atoms with Crippen LogP contribution in [0.1, 0.15) is 40.6 Å². The molecule has 1 atom stereocenters. The summed E-state index contributed by atoms with van der Waals surface area (Å²) in [6.45, 7) is 4.47. The van der Waals surface area contributed by atoms with Crippen molar-refractivity contribution in [2.45, 2.75) is 25.8 Å². The average molecular weight is 412 g/mol. The molecule has 1 fully saturated rings. The van der Waals surface area contributed by atoms with Crippen LogP contribution >= 0.6 is 27.5 Å². The van der Waals surface area contributed by atoms with Gasteiger partial charge < -0.3 is 5.32 Å². The van der Waals surface area contributed by atoms with Crippen LogP contribution in [-0.2, 0) is 0 Å². The first kappa shape index (κ1) is 17.5. The highest BCUT2D eigenvalue weighted by Gasteiger charge is 2.25. The molecule has 1 unspecified atom stereocenters. The maximum absolute atomic E-state index is 12.4. The fourth-order valence-corrected chi connectivity index (χ4v) is 3.62. The molecule has 2 heterocycles. The molecule has 7 heteroatoms. The Labute approximate surface area is 154 Å². The Morgan fingerprint density at radius 2 is 2.21 bits per heavy atom. The van der Waals surface area contributed by atoms with Gasteiger partial charge in [-0.1, -0.05) is 23.7 Å². The molecule has 3 rings (SSSR count). The highest BCUT2D eigenvalue weighted by Crippen LogP contribution is 2.26. The molecule has 24 heavy (non-hydrogen) atoms. The Hall–Kier alpha value is -1.37. The Morgan fingerprint density at radius 3 is 2.83 bits per heavy atom. The second-order valence-corrected chi connectivity index (χ2v) is 7.26. The smallest absolute Gasteiger partial charge is 0.273 e. The van der Waals surface area contributed by atoms with Crippen LogP contribution in [-0.4, -0.2) is 40.6 Å². The van der Waals surface area contributed by atoms with Gasteiger partial charge in [-0.15, -0.1) is 0 Å². The van der Waals surface area contributed by atoms with Crippen LogP contribution < -0.4 is 5.32 Å². The summed E-state index contributed by atoms with van der Waals surface area (Å²) >= 11 is 9.55. The predicted molar refractivity (Wildman–Crippen MR) is 98.4 cm³/mol. The normalized spacial score (nSPS) is 16.3. The molecule has 0 spiro atoms. The summed E-state index contributed by atoms with van der Waals surface area (Å²) in [6.07, 6.45) is 2.38. The number of aryl methyl sites for hydroxylation is 1. The van der Waals surface area contributed by atoms with Crippen LogP contribution in [0.4, 0.5) is 0 Å². The number of hydrogen-bond donors (Lipinski definition) is 2. The number of hydrogen-bond acceptors (Lipinski definition) is 3. The summed E-state index contributed by atoms with van der Waals surface area (Å²) < 4.78 is 0.709. The van der Waals surface area contributed by atoms with Crippen molar-refractivity contribution >= 4 is 33.4 Å². The van der Waals surface area contributed by atoms with E-state index < -0.39 is 0 Å². The van der Waals surface area contributed by atoms with Crippen molar-refractivity contribution in [1.82, 2.24) is 20.4 Å². The zero-order chi connectivity index (χ0) is 17.1. The van der Waals surface area contributed by atoms with Gasteiger partial charge in [0.1, 0.15) is 0 Å². The number of benzene rings is 1. The first-order chi connectivity index (χ1) is 11.6. The maximum atomic E-state index is 12.4. The number of nitrogens with one attached hydrogen (secondary N) is 2. The molecule has 1 aliphatic rings. The van der Waals surface area contributed by atoms with Crippen molar-refractivity contribution in [3.05, 3.63) is 50.7 Å². The summed E-state index contributed by atoms with van der Waals surface area (Å²) in [4.78, 5) is 14.8. The molecule has 128 valence electrons. The number of rotatable bonds is 5. The van der Waals surface area contributed by atoms with Gasteiger partial charge >= 0.3 is 0 Å². The second-order valence-electron chi connectivity index (χ2n) is 6.04. The van der Waals surface area contributed by atoms with Gasteiger partial charge in [0.2, 0.25) is 0 Å². The number of nitrogens with zero attached hydrogens (tertiary/aromatic N) is 2. The van der Waals surface area contributed by atoms with Gasteiger partial charge in [0.15, 0.2) is 5.69 Å². The molecule has 0 saturated carbocycles. The number of likely N-dealkylation sites (tertiary alicyclic amines) is 1. The highest BCUT2D eigenvalue weighted by molar-refractivity contribution is 9.10. The van der Waals surface area contributed by atoms with E-state index in [0.29, 0.717) is 21.7 Å². The van der Waals surface area contributed by atoms with Crippen molar-refractivity contribution in [2.24, 2.45) is 0 Å². The molecule has 1 aromatic heterocycles. The number of amides is 1. The van der Waals surface area contributed by atoms with Crippen LogP contribution in [0.15, 0.2) is 28.7 Å². The molecule has 0 aliphatic carbocycles. The zero-order valence-electron chi connectivity index (χ0n) is 13.5. The Bertz CT molecular complexity index is 727. The summed E-state index contributed by atoms with van der Waals surface area (Å²) in [5.74, 6) is -0.183. The minimum absolute atomic E-state index is 0.119. The van der Waals surface area contributed by atoms with E-state index in [-0.39, 0.29) is 11.9 Å². The molecule has 1 saturated heterocycles. The van der Waals surface area contributed by atoms with Crippen LogP contribution in [0.25, 0.3) is 0 Å². The lowest BCUT2D eigenvalue weighted by Gasteiger charge is -2.28. The van der Waals surface area contributed by atoms with E-state index in [4.69, 9.17) is 11.6 Å². The first-order valence-electron chi connectivity index (χ1n) is 8.04. The van der Waals surface area contributed by atoms with E-state index in [2.05, 4.69) is 42.4 Å². The summed E-state index contributed by atoms with van der Waals surface area (Å²) in [7, 11) is 0. The SMILES string of the molecule is Cc1[nH]nc(C(=O)NCC(c2cccc(Cl)c2)N2CCCC2)c1Br. The van der Waals surface area contributed by atoms with Gasteiger partial charge in [0.25, 0.3) is 5.91 Å². The second kappa shape index (κ2) is 7.68. The summed E-state index contributed by atoms with van der Waals surface area (Å²) in [5, 5.41) is 10.6. The van der Waals surface area contributed by atoms with Crippen molar-refractivity contribution in [1.29, 1.82) is 0 Å². The minimum atomic E-state index is -0.183. The number of carbonyl (C=O) groups is 1. The topological polar surface area (TPSA) is 61.0 Å². The number of aromatic amines is 1. The van der Waals surface area contributed by atoms with E-state index in [0.717, 1.165) is 24.3 Å². The molecule has 1 aromatic carbocycles. The molecule has 2 N–H and O–H groups in total. The van der Waals surface area contributed by atoms with Crippen molar-refractivity contribution in [3.8, 4) is 0 Å². The van der Waals surface area contributed by atoms with E-state index in [9.17, 15) is 4.79 Å². The van der Waals surface area contributed by atoms with Crippen molar-refractivity contribution in [2.75, 3.05) is 19.6 Å². The van der Waals surface area contributed by atoms with Gasteiger partial charge in [0.05, 0.1) is 10.5 Å². The Kier molecular flexibility index (Phi) is 5.58. The van der Waals surface area contributed by atoms with Gasteiger partial charge in [-0.2, -0.15) is 5.10 Å². The van der Waals surface area contributed by atoms with E-state index >= 15 is 0 Å². The molecule has 1 aliphatic heterocycles.